The van der Waals surface area contributed by atoms with Crippen molar-refractivity contribution >= 4 is 5.78 Å². The average molecular weight is 166 g/mol. The second-order valence-electron chi connectivity index (χ2n) is 4.20. The first kappa shape index (κ1) is 9.50. The molecule has 0 aromatic heterocycles. The van der Waals surface area contributed by atoms with E-state index in [9.17, 15) is 4.79 Å². The predicted octanol–water partition coefficient (Wildman–Crippen LogP) is 2.96. The van der Waals surface area contributed by atoms with Gasteiger partial charge >= 0.3 is 0 Å². The molecule has 1 rings (SSSR count). The summed E-state index contributed by atoms with van der Waals surface area (Å²) in [5.74, 6) is 1.47. The van der Waals surface area contributed by atoms with E-state index < -0.39 is 0 Å². The maximum Gasteiger partial charge on any atom is 0.136 e. The fourth-order valence-corrected chi connectivity index (χ4v) is 1.95. The van der Waals surface area contributed by atoms with E-state index in [1.54, 1.807) is 0 Å². The zero-order chi connectivity index (χ0) is 9.14. The number of carbonyl (C=O) groups is 1. The van der Waals surface area contributed by atoms with Crippen LogP contribution in [0, 0.1) is 11.8 Å². The maximum atomic E-state index is 11.4. The summed E-state index contributed by atoms with van der Waals surface area (Å²) < 4.78 is 0. The van der Waals surface area contributed by atoms with Crippen LogP contribution < -0.4 is 0 Å². The van der Waals surface area contributed by atoms with Gasteiger partial charge in [-0.15, -0.1) is 6.58 Å². The lowest BCUT2D eigenvalue weighted by Crippen LogP contribution is -2.23. The second-order valence-corrected chi connectivity index (χ2v) is 4.20. The van der Waals surface area contributed by atoms with Gasteiger partial charge < -0.3 is 0 Å². The first-order valence-corrected chi connectivity index (χ1v) is 4.76. The van der Waals surface area contributed by atoms with Crippen LogP contribution in [0.2, 0.25) is 0 Å². The highest BCUT2D eigenvalue weighted by atomic mass is 16.1. The van der Waals surface area contributed by atoms with Crippen LogP contribution in [-0.2, 0) is 4.79 Å². The summed E-state index contributed by atoms with van der Waals surface area (Å²) in [5.41, 5.74) is 1.14. The SMILES string of the molecule is C=C(C)C[C@@H]1C[C@@H](C)CCC1=O. The lowest BCUT2D eigenvalue weighted by molar-refractivity contribution is -0.125. The molecule has 68 valence electrons. The van der Waals surface area contributed by atoms with Gasteiger partial charge in [0.25, 0.3) is 0 Å². The van der Waals surface area contributed by atoms with Crippen LogP contribution in [0.15, 0.2) is 12.2 Å². The quantitative estimate of drug-likeness (QED) is 0.576. The van der Waals surface area contributed by atoms with Gasteiger partial charge in [0, 0.05) is 12.3 Å². The van der Waals surface area contributed by atoms with Gasteiger partial charge in [0.15, 0.2) is 0 Å². The fraction of sp³-hybridized carbons (Fsp3) is 0.727. The Morgan fingerprint density at radius 1 is 1.67 bits per heavy atom. The highest BCUT2D eigenvalue weighted by molar-refractivity contribution is 5.81. The summed E-state index contributed by atoms with van der Waals surface area (Å²) in [6.45, 7) is 8.10. The molecule has 0 unspecified atom stereocenters. The molecule has 0 amide bonds. The zero-order valence-electron chi connectivity index (χ0n) is 8.10. The first-order chi connectivity index (χ1) is 5.59. The van der Waals surface area contributed by atoms with Crippen LogP contribution in [0.5, 0.6) is 0 Å². The Bertz CT molecular complexity index is 193. The molecule has 0 heterocycles. The van der Waals surface area contributed by atoms with Gasteiger partial charge in [0.1, 0.15) is 5.78 Å². The highest BCUT2D eigenvalue weighted by Gasteiger charge is 2.25. The van der Waals surface area contributed by atoms with Crippen LogP contribution in [-0.4, -0.2) is 5.78 Å². The Morgan fingerprint density at radius 2 is 2.33 bits per heavy atom. The van der Waals surface area contributed by atoms with E-state index in [1.807, 2.05) is 6.92 Å². The molecule has 0 bridgehead atoms. The van der Waals surface area contributed by atoms with E-state index >= 15 is 0 Å². The van der Waals surface area contributed by atoms with Crippen LogP contribution in [0.1, 0.15) is 39.5 Å². The van der Waals surface area contributed by atoms with Crippen molar-refractivity contribution in [2.75, 3.05) is 0 Å². The molecule has 2 atom stereocenters. The molecular weight excluding hydrogens is 148 g/mol. The number of Topliss-reactive ketones (excluding diaryl/α,β-unsaturated/α-hetero) is 1. The highest BCUT2D eigenvalue weighted by Crippen LogP contribution is 2.29. The third-order valence-electron chi connectivity index (χ3n) is 2.62. The van der Waals surface area contributed by atoms with Gasteiger partial charge in [0.05, 0.1) is 0 Å². The summed E-state index contributed by atoms with van der Waals surface area (Å²) in [6.07, 6.45) is 3.86. The van der Waals surface area contributed by atoms with Gasteiger partial charge in [-0.25, -0.2) is 0 Å². The second kappa shape index (κ2) is 3.88. The standard InChI is InChI=1S/C11H18O/c1-8(2)6-10-7-9(3)4-5-11(10)12/h9-10H,1,4-7H2,2-3H3/t9-,10+/m0/s1. The van der Waals surface area contributed by atoms with Crippen molar-refractivity contribution in [2.24, 2.45) is 11.8 Å². The predicted molar refractivity (Wildman–Crippen MR) is 50.9 cm³/mol. The molecule has 0 spiro atoms. The molecule has 0 radical (unpaired) electrons. The minimum Gasteiger partial charge on any atom is -0.299 e. The Hall–Kier alpha value is -0.590. The molecule has 0 saturated heterocycles. The van der Waals surface area contributed by atoms with Crippen LogP contribution in [0.3, 0.4) is 0 Å². The summed E-state index contributed by atoms with van der Waals surface area (Å²) in [5, 5.41) is 0. The van der Waals surface area contributed by atoms with Crippen molar-refractivity contribution in [3.8, 4) is 0 Å². The van der Waals surface area contributed by atoms with E-state index in [4.69, 9.17) is 0 Å². The Labute approximate surface area is 74.9 Å². The molecule has 1 fully saturated rings. The van der Waals surface area contributed by atoms with Gasteiger partial charge in [-0.05, 0) is 32.1 Å². The Kier molecular flexibility index (Phi) is 3.07. The minimum atomic E-state index is 0.284. The lowest BCUT2D eigenvalue weighted by Gasteiger charge is -2.25. The molecule has 0 N–H and O–H groups in total. The van der Waals surface area contributed by atoms with Crippen molar-refractivity contribution in [1.82, 2.24) is 0 Å². The normalized spacial score (nSPS) is 30.3. The fourth-order valence-electron chi connectivity index (χ4n) is 1.95. The summed E-state index contributed by atoms with van der Waals surface area (Å²) in [4.78, 5) is 11.4. The summed E-state index contributed by atoms with van der Waals surface area (Å²) in [7, 11) is 0. The molecule has 0 aromatic rings. The van der Waals surface area contributed by atoms with Crippen molar-refractivity contribution in [3.63, 3.8) is 0 Å². The molecule has 12 heavy (non-hydrogen) atoms. The van der Waals surface area contributed by atoms with E-state index in [0.29, 0.717) is 5.78 Å². The minimum absolute atomic E-state index is 0.284. The lowest BCUT2D eigenvalue weighted by atomic mass is 9.79. The number of hydrogen-bond acceptors (Lipinski definition) is 1. The third-order valence-corrected chi connectivity index (χ3v) is 2.62. The zero-order valence-corrected chi connectivity index (χ0v) is 8.10. The van der Waals surface area contributed by atoms with Gasteiger partial charge in [-0.2, -0.15) is 0 Å². The topological polar surface area (TPSA) is 17.1 Å². The summed E-state index contributed by atoms with van der Waals surface area (Å²) >= 11 is 0. The van der Waals surface area contributed by atoms with Crippen molar-refractivity contribution in [2.45, 2.75) is 39.5 Å². The molecule has 1 saturated carbocycles. The monoisotopic (exact) mass is 166 g/mol. The number of ketones is 1. The molecule has 1 heteroatoms. The van der Waals surface area contributed by atoms with E-state index in [-0.39, 0.29) is 5.92 Å². The number of hydrogen-bond donors (Lipinski definition) is 0. The van der Waals surface area contributed by atoms with E-state index in [0.717, 1.165) is 37.2 Å². The molecule has 0 aliphatic heterocycles. The molecular formula is C11H18O. The number of allylic oxidation sites excluding steroid dienone is 1. The van der Waals surface area contributed by atoms with Crippen LogP contribution >= 0.6 is 0 Å². The summed E-state index contributed by atoms with van der Waals surface area (Å²) in [6, 6.07) is 0. The largest absolute Gasteiger partial charge is 0.299 e. The smallest absolute Gasteiger partial charge is 0.136 e. The Morgan fingerprint density at radius 3 is 2.92 bits per heavy atom. The first-order valence-electron chi connectivity index (χ1n) is 4.76. The number of rotatable bonds is 2. The maximum absolute atomic E-state index is 11.4. The van der Waals surface area contributed by atoms with E-state index in [2.05, 4.69) is 13.5 Å². The van der Waals surface area contributed by atoms with Crippen LogP contribution in [0.4, 0.5) is 0 Å². The third kappa shape index (κ3) is 2.47. The van der Waals surface area contributed by atoms with Crippen molar-refractivity contribution in [3.05, 3.63) is 12.2 Å². The Balaban J connectivity index is 2.49. The average Bonchev–Trinajstić information content (AvgIpc) is 1.96. The van der Waals surface area contributed by atoms with Gasteiger partial charge in [-0.1, -0.05) is 12.5 Å². The number of carbonyl (C=O) groups excluding carboxylic acids is 1. The van der Waals surface area contributed by atoms with Gasteiger partial charge in [-0.3, -0.25) is 4.79 Å². The van der Waals surface area contributed by atoms with Crippen LogP contribution in [0.25, 0.3) is 0 Å². The van der Waals surface area contributed by atoms with Crippen molar-refractivity contribution in [1.29, 1.82) is 0 Å². The molecule has 0 aromatic carbocycles. The molecule has 1 aliphatic rings. The molecule has 1 nitrogen and oxygen atoms in total. The van der Waals surface area contributed by atoms with E-state index in [1.165, 1.54) is 0 Å². The molecule has 1 aliphatic carbocycles. The van der Waals surface area contributed by atoms with Crippen molar-refractivity contribution < 1.29 is 4.79 Å². The van der Waals surface area contributed by atoms with Gasteiger partial charge in [0.2, 0.25) is 0 Å².